The molecule has 6 heteroatoms. The molecule has 0 saturated heterocycles. The summed E-state index contributed by atoms with van der Waals surface area (Å²) in [6, 6.07) is 30.2. The molecule has 0 aliphatic carbocycles. The Kier molecular flexibility index (Phi) is 7.64. The molecule has 0 atom stereocenters. The first kappa shape index (κ1) is 21.9. The molecule has 2 heterocycles. The van der Waals surface area contributed by atoms with Crippen molar-refractivity contribution in [2.75, 3.05) is 0 Å². The molecule has 0 N–H and O–H groups in total. The molecule has 0 bridgehead atoms. The van der Waals surface area contributed by atoms with E-state index in [4.69, 9.17) is 4.11 Å². The van der Waals surface area contributed by atoms with Crippen LogP contribution in [0.25, 0.3) is 33.6 Å². The third-order valence-corrected chi connectivity index (χ3v) is 4.81. The number of halogens is 3. The van der Waals surface area contributed by atoms with Crippen LogP contribution < -0.4 is 0 Å². The Balaban J connectivity index is 0.000000205. The molecule has 177 valence electrons. The van der Waals surface area contributed by atoms with E-state index in [9.17, 15) is 13.2 Å². The van der Waals surface area contributed by atoms with Gasteiger partial charge < -0.3 is 9.97 Å². The summed E-state index contributed by atoms with van der Waals surface area (Å²) in [5.41, 5.74) is 3.90. The number of benzene rings is 3. The van der Waals surface area contributed by atoms with Gasteiger partial charge in [0.1, 0.15) is 0 Å². The van der Waals surface area contributed by atoms with E-state index in [2.05, 4.69) is 34.2 Å². The van der Waals surface area contributed by atoms with Crippen LogP contribution in [0, 0.1) is 36.4 Å². The molecule has 2 nitrogen and oxygen atoms in total. The maximum atomic E-state index is 13.5. The Hall–Kier alpha value is -3.60. The van der Waals surface area contributed by atoms with E-state index in [1.807, 2.05) is 60.8 Å². The predicted octanol–water partition coefficient (Wildman–Crippen LogP) is 7.49. The molecular weight excluding hydrogens is 626 g/mol. The topological polar surface area (TPSA) is 25.8 Å². The van der Waals surface area contributed by atoms with Crippen molar-refractivity contribution in [1.29, 1.82) is 0 Å². The fraction of sp³-hybridized carbons (Fsp3) is 0.0345. The van der Waals surface area contributed by atoms with Crippen molar-refractivity contribution in [2.45, 2.75) is 6.85 Å². The van der Waals surface area contributed by atoms with Gasteiger partial charge in [0, 0.05) is 42.4 Å². The minimum Gasteiger partial charge on any atom is -0.304 e. The van der Waals surface area contributed by atoms with E-state index in [1.54, 1.807) is 0 Å². The Morgan fingerprint density at radius 2 is 1.49 bits per heavy atom. The molecule has 0 unspecified atom stereocenters. The summed E-state index contributed by atoms with van der Waals surface area (Å²) in [4.78, 5) is 8.22. The van der Waals surface area contributed by atoms with Crippen molar-refractivity contribution in [3.8, 4) is 33.6 Å². The zero-order chi connectivity index (χ0) is 26.4. The van der Waals surface area contributed by atoms with Crippen LogP contribution in [0.4, 0.5) is 13.2 Å². The second kappa shape index (κ2) is 12.2. The van der Waals surface area contributed by atoms with Gasteiger partial charge in [-0.1, -0.05) is 72.3 Å². The maximum Gasteiger partial charge on any atom is 0.0756 e. The zero-order valence-electron chi connectivity index (χ0n) is 21.1. The average molecular weight is 648 g/mol. The van der Waals surface area contributed by atoms with Crippen LogP contribution in [0.2, 0.25) is 0 Å². The molecular formula is C29H19F3IrN2-2. The summed E-state index contributed by atoms with van der Waals surface area (Å²) in [6.07, 6.45) is 2.95. The molecule has 0 fully saturated rings. The molecule has 0 saturated carbocycles. The first-order valence-electron chi connectivity index (χ1n) is 11.7. The number of hydrogen-bond donors (Lipinski definition) is 0. The SMILES string of the molecule is [2H]C([2H])([2H])c1ccc(-c2[c-]c(F)c(F)cc2F)nc1.[Ir].[c-]1ccccc1-c1ccc(-c2ccccc2)cn1. The Labute approximate surface area is 220 Å². The van der Waals surface area contributed by atoms with Gasteiger partial charge in [-0.2, -0.15) is 0 Å². The number of hydrogen-bond acceptors (Lipinski definition) is 2. The molecule has 0 spiro atoms. The molecule has 3 aromatic carbocycles. The second-order valence-electron chi connectivity index (χ2n) is 7.16. The standard InChI is InChI=1S/C17H12N.C12H7F3N.Ir/c1-3-7-14(8-4-1)16-11-12-17(18-13-16)15-9-5-2-6-10-15;1-7-2-3-12(16-6-7)8-4-10(14)11(15)5-9(8)13;/h1-9,11-13H;2-3,5-6H,1H3;/q2*-1;/i;1D3;. The van der Waals surface area contributed by atoms with Crippen LogP contribution in [0.15, 0.2) is 97.3 Å². The van der Waals surface area contributed by atoms with E-state index in [0.29, 0.717) is 6.07 Å². The summed E-state index contributed by atoms with van der Waals surface area (Å²) in [6.45, 7) is -2.33. The molecule has 5 rings (SSSR count). The van der Waals surface area contributed by atoms with Crippen LogP contribution >= 0.6 is 0 Å². The van der Waals surface area contributed by atoms with E-state index in [1.165, 1.54) is 17.7 Å². The largest absolute Gasteiger partial charge is 0.304 e. The smallest absolute Gasteiger partial charge is 0.0756 e. The van der Waals surface area contributed by atoms with E-state index >= 15 is 0 Å². The van der Waals surface area contributed by atoms with Crippen molar-refractivity contribution in [1.82, 2.24) is 9.97 Å². The summed E-state index contributed by atoms with van der Waals surface area (Å²) < 4.78 is 60.7. The van der Waals surface area contributed by atoms with Crippen LogP contribution in [0.1, 0.15) is 9.68 Å². The predicted molar refractivity (Wildman–Crippen MR) is 127 cm³/mol. The first-order chi connectivity index (χ1) is 17.7. The number of aryl methyl sites for hydroxylation is 1. The average Bonchev–Trinajstić information content (AvgIpc) is 2.92. The van der Waals surface area contributed by atoms with Crippen molar-refractivity contribution >= 4 is 0 Å². The molecule has 5 aromatic rings. The molecule has 0 aliphatic heterocycles. The van der Waals surface area contributed by atoms with Gasteiger partial charge in [-0.3, -0.25) is 8.78 Å². The van der Waals surface area contributed by atoms with Gasteiger partial charge in [0.05, 0.1) is 11.6 Å². The molecule has 1 radical (unpaired) electrons. The summed E-state index contributed by atoms with van der Waals surface area (Å²) in [5.74, 6) is -3.69. The van der Waals surface area contributed by atoms with E-state index < -0.39 is 24.3 Å². The normalized spacial score (nSPS) is 11.7. The fourth-order valence-electron chi connectivity index (χ4n) is 3.11. The van der Waals surface area contributed by atoms with Crippen LogP contribution in [-0.2, 0) is 20.1 Å². The van der Waals surface area contributed by atoms with E-state index in [0.717, 1.165) is 23.0 Å². The van der Waals surface area contributed by atoms with Gasteiger partial charge in [-0.05, 0) is 34.9 Å². The monoisotopic (exact) mass is 648 g/mol. The minimum atomic E-state index is -2.33. The molecule has 35 heavy (non-hydrogen) atoms. The van der Waals surface area contributed by atoms with Crippen LogP contribution in [0.5, 0.6) is 0 Å². The van der Waals surface area contributed by atoms with Crippen molar-refractivity contribution in [3.05, 3.63) is 132 Å². The fourth-order valence-corrected chi connectivity index (χ4v) is 3.11. The number of rotatable bonds is 3. The van der Waals surface area contributed by atoms with Crippen LogP contribution in [0.3, 0.4) is 0 Å². The minimum absolute atomic E-state index is 0. The van der Waals surface area contributed by atoms with Gasteiger partial charge in [0.2, 0.25) is 0 Å². The van der Waals surface area contributed by atoms with Gasteiger partial charge in [0.25, 0.3) is 0 Å². The Bertz CT molecular complexity index is 1410. The zero-order valence-corrected chi connectivity index (χ0v) is 20.5. The number of nitrogens with zero attached hydrogens (tertiary/aromatic N) is 2. The van der Waals surface area contributed by atoms with Crippen molar-refractivity contribution in [2.24, 2.45) is 0 Å². The number of pyridine rings is 2. The first-order valence-corrected chi connectivity index (χ1v) is 10.2. The van der Waals surface area contributed by atoms with E-state index in [-0.39, 0.29) is 36.9 Å². The van der Waals surface area contributed by atoms with Crippen molar-refractivity contribution in [3.63, 3.8) is 0 Å². The molecule has 0 aliphatic rings. The van der Waals surface area contributed by atoms with Gasteiger partial charge in [-0.25, -0.2) is 4.39 Å². The number of aromatic nitrogens is 2. The molecule has 0 amide bonds. The molecule has 2 aromatic heterocycles. The van der Waals surface area contributed by atoms with Crippen LogP contribution in [-0.4, -0.2) is 9.97 Å². The Morgan fingerprint density at radius 1 is 0.743 bits per heavy atom. The second-order valence-corrected chi connectivity index (χ2v) is 7.16. The van der Waals surface area contributed by atoms with Gasteiger partial charge in [-0.15, -0.1) is 35.9 Å². The summed E-state index contributed by atoms with van der Waals surface area (Å²) in [7, 11) is 0. The van der Waals surface area contributed by atoms with Gasteiger partial charge >= 0.3 is 0 Å². The van der Waals surface area contributed by atoms with Gasteiger partial charge in [0.15, 0.2) is 0 Å². The summed E-state index contributed by atoms with van der Waals surface area (Å²) in [5, 5.41) is 0. The van der Waals surface area contributed by atoms with Crippen molar-refractivity contribution < 1.29 is 37.4 Å². The Morgan fingerprint density at radius 3 is 2.11 bits per heavy atom. The maximum absolute atomic E-state index is 13.5. The third-order valence-electron chi connectivity index (χ3n) is 4.81. The quantitative estimate of drug-likeness (QED) is 0.150. The third kappa shape index (κ3) is 6.72. The summed E-state index contributed by atoms with van der Waals surface area (Å²) >= 11 is 0.